The second-order valence-electron chi connectivity index (χ2n) is 4.62. The molecule has 2 unspecified atom stereocenters. The zero-order chi connectivity index (χ0) is 12.3. The minimum Gasteiger partial charge on any atom is -0.298 e. The van der Waals surface area contributed by atoms with Gasteiger partial charge in [0.2, 0.25) is 0 Å². The van der Waals surface area contributed by atoms with Crippen LogP contribution in [0.3, 0.4) is 0 Å². The molecule has 0 amide bonds. The van der Waals surface area contributed by atoms with E-state index < -0.39 is 0 Å². The van der Waals surface area contributed by atoms with Gasteiger partial charge < -0.3 is 0 Å². The van der Waals surface area contributed by atoms with Crippen molar-refractivity contribution in [2.75, 3.05) is 0 Å². The molecule has 0 aliphatic heterocycles. The Morgan fingerprint density at radius 3 is 2.94 bits per heavy atom. The maximum atomic E-state index is 11.7. The summed E-state index contributed by atoms with van der Waals surface area (Å²) in [6.07, 6.45) is 10.2. The monoisotopic (exact) mass is 234 g/mol. The molecule has 17 heavy (non-hydrogen) atoms. The van der Waals surface area contributed by atoms with Crippen molar-refractivity contribution in [3.8, 4) is 0 Å². The van der Waals surface area contributed by atoms with E-state index in [1.807, 2.05) is 6.92 Å². The Balaban J connectivity index is 2.22. The summed E-state index contributed by atoms with van der Waals surface area (Å²) in [6, 6.07) is 1.63. The van der Waals surface area contributed by atoms with Crippen LogP contribution in [0.25, 0.3) is 0 Å². The molecule has 1 saturated carbocycles. The van der Waals surface area contributed by atoms with Crippen LogP contribution in [0.4, 0.5) is 0 Å². The molecular formula is C13H18N2O2. The number of hydrogen-bond acceptors (Lipinski definition) is 2. The number of aromatic amines is 1. The summed E-state index contributed by atoms with van der Waals surface area (Å²) >= 11 is 0. The smallest absolute Gasteiger partial charge is 0.298 e. The van der Waals surface area contributed by atoms with Crippen LogP contribution in [0.15, 0.2) is 34.0 Å². The first kappa shape index (κ1) is 11.9. The molecule has 2 rings (SSSR count). The van der Waals surface area contributed by atoms with Crippen molar-refractivity contribution in [2.24, 2.45) is 5.92 Å². The lowest BCUT2D eigenvalue weighted by molar-refractivity contribution is 0.295. The van der Waals surface area contributed by atoms with Gasteiger partial charge >= 0.3 is 5.69 Å². The molecule has 0 bridgehead atoms. The van der Waals surface area contributed by atoms with Gasteiger partial charge in [-0.3, -0.25) is 14.3 Å². The van der Waals surface area contributed by atoms with Gasteiger partial charge in [0.25, 0.3) is 5.56 Å². The predicted molar refractivity (Wildman–Crippen MR) is 67.1 cm³/mol. The first-order chi connectivity index (χ1) is 8.20. The molecule has 4 nitrogen and oxygen atoms in total. The Morgan fingerprint density at radius 2 is 2.24 bits per heavy atom. The molecule has 1 fully saturated rings. The van der Waals surface area contributed by atoms with Crippen LogP contribution in [0.2, 0.25) is 0 Å². The molecule has 4 heteroatoms. The summed E-state index contributed by atoms with van der Waals surface area (Å²) in [4.78, 5) is 25.0. The molecule has 1 aliphatic carbocycles. The summed E-state index contributed by atoms with van der Waals surface area (Å²) in [5.41, 5.74) is -0.615. The van der Waals surface area contributed by atoms with E-state index in [4.69, 9.17) is 0 Å². The molecular weight excluding hydrogens is 216 g/mol. The van der Waals surface area contributed by atoms with E-state index in [-0.39, 0.29) is 17.3 Å². The molecule has 2 atom stereocenters. The second-order valence-corrected chi connectivity index (χ2v) is 4.62. The summed E-state index contributed by atoms with van der Waals surface area (Å²) in [5, 5.41) is 0. The standard InChI is InChI=1S/C13H18N2O2/c1-2-4-10-5-3-6-11(9-10)15-8-7-12(16)14-13(15)17/h2,4,7-8,10-11H,3,5-6,9H2,1H3,(H,14,16,17). The third kappa shape index (κ3) is 2.75. The Morgan fingerprint density at radius 1 is 1.41 bits per heavy atom. The minimum absolute atomic E-state index is 0.217. The van der Waals surface area contributed by atoms with Crippen LogP contribution in [0.5, 0.6) is 0 Å². The molecule has 0 spiro atoms. The van der Waals surface area contributed by atoms with Crippen molar-refractivity contribution in [1.29, 1.82) is 0 Å². The highest BCUT2D eigenvalue weighted by atomic mass is 16.2. The first-order valence-corrected chi connectivity index (χ1v) is 6.15. The number of allylic oxidation sites excluding steroid dienone is 2. The fourth-order valence-corrected chi connectivity index (χ4v) is 2.62. The Hall–Kier alpha value is -1.58. The molecule has 1 aromatic rings. The van der Waals surface area contributed by atoms with E-state index >= 15 is 0 Å². The van der Waals surface area contributed by atoms with Crippen LogP contribution in [0.1, 0.15) is 38.6 Å². The van der Waals surface area contributed by atoms with Crippen LogP contribution in [0, 0.1) is 5.92 Å². The van der Waals surface area contributed by atoms with E-state index in [0.717, 1.165) is 19.3 Å². The normalized spacial score (nSPS) is 25.2. The number of nitrogens with one attached hydrogen (secondary N) is 1. The van der Waals surface area contributed by atoms with Gasteiger partial charge in [0.15, 0.2) is 0 Å². The Bertz CT molecular complexity index is 513. The van der Waals surface area contributed by atoms with Gasteiger partial charge in [-0.25, -0.2) is 4.79 Å². The van der Waals surface area contributed by atoms with Gasteiger partial charge in [-0.05, 0) is 32.1 Å². The van der Waals surface area contributed by atoms with Crippen molar-refractivity contribution in [2.45, 2.75) is 38.6 Å². The van der Waals surface area contributed by atoms with Gasteiger partial charge in [-0.1, -0.05) is 18.6 Å². The average molecular weight is 234 g/mol. The number of aromatic nitrogens is 2. The minimum atomic E-state index is -0.327. The Kier molecular flexibility index (Phi) is 3.61. The summed E-state index contributed by atoms with van der Waals surface area (Å²) in [7, 11) is 0. The highest BCUT2D eigenvalue weighted by molar-refractivity contribution is 4.93. The summed E-state index contributed by atoms with van der Waals surface area (Å²) in [6.45, 7) is 2.02. The number of rotatable bonds is 2. The van der Waals surface area contributed by atoms with Gasteiger partial charge in [-0.15, -0.1) is 0 Å². The van der Waals surface area contributed by atoms with Crippen molar-refractivity contribution < 1.29 is 0 Å². The van der Waals surface area contributed by atoms with E-state index in [9.17, 15) is 9.59 Å². The molecule has 1 aliphatic rings. The third-order valence-corrected chi connectivity index (χ3v) is 3.40. The summed E-state index contributed by atoms with van der Waals surface area (Å²) in [5.74, 6) is 0.553. The number of H-pyrrole nitrogens is 1. The number of nitrogens with zero attached hydrogens (tertiary/aromatic N) is 1. The lowest BCUT2D eigenvalue weighted by atomic mass is 9.85. The largest absolute Gasteiger partial charge is 0.328 e. The van der Waals surface area contributed by atoms with Crippen molar-refractivity contribution in [3.63, 3.8) is 0 Å². The zero-order valence-corrected chi connectivity index (χ0v) is 10.1. The van der Waals surface area contributed by atoms with E-state index in [2.05, 4.69) is 17.1 Å². The first-order valence-electron chi connectivity index (χ1n) is 6.15. The quantitative estimate of drug-likeness (QED) is 0.794. The molecule has 1 N–H and O–H groups in total. The lowest BCUT2D eigenvalue weighted by Gasteiger charge is -2.28. The second kappa shape index (κ2) is 5.17. The summed E-state index contributed by atoms with van der Waals surface area (Å²) < 4.78 is 1.66. The highest BCUT2D eigenvalue weighted by Crippen LogP contribution is 2.32. The van der Waals surface area contributed by atoms with E-state index in [0.29, 0.717) is 5.92 Å². The molecule has 92 valence electrons. The number of hydrogen-bond donors (Lipinski definition) is 1. The predicted octanol–water partition coefficient (Wildman–Crippen LogP) is 1.84. The van der Waals surface area contributed by atoms with Gasteiger partial charge in [0.1, 0.15) is 0 Å². The molecule has 1 aromatic heterocycles. The SMILES string of the molecule is CC=CC1CCCC(n2ccc(=O)[nH]c2=O)C1. The maximum absolute atomic E-state index is 11.7. The highest BCUT2D eigenvalue weighted by Gasteiger charge is 2.22. The maximum Gasteiger partial charge on any atom is 0.328 e. The average Bonchev–Trinajstić information content (AvgIpc) is 2.29. The van der Waals surface area contributed by atoms with Crippen molar-refractivity contribution >= 4 is 0 Å². The van der Waals surface area contributed by atoms with Crippen LogP contribution in [-0.2, 0) is 0 Å². The van der Waals surface area contributed by atoms with Crippen molar-refractivity contribution in [3.05, 3.63) is 45.3 Å². The van der Waals surface area contributed by atoms with Crippen LogP contribution < -0.4 is 11.2 Å². The van der Waals surface area contributed by atoms with Crippen LogP contribution in [-0.4, -0.2) is 9.55 Å². The molecule has 1 heterocycles. The molecule has 0 radical (unpaired) electrons. The van der Waals surface area contributed by atoms with E-state index in [1.165, 1.54) is 12.5 Å². The lowest BCUT2D eigenvalue weighted by Crippen LogP contribution is -2.33. The van der Waals surface area contributed by atoms with E-state index in [1.54, 1.807) is 10.8 Å². The Labute approximate surface area is 100.0 Å². The topological polar surface area (TPSA) is 54.9 Å². The third-order valence-electron chi connectivity index (χ3n) is 3.40. The fourth-order valence-electron chi connectivity index (χ4n) is 2.62. The van der Waals surface area contributed by atoms with Gasteiger partial charge in [0, 0.05) is 18.3 Å². The molecule has 0 aromatic carbocycles. The van der Waals surface area contributed by atoms with Gasteiger partial charge in [-0.2, -0.15) is 0 Å². The van der Waals surface area contributed by atoms with Crippen molar-refractivity contribution in [1.82, 2.24) is 9.55 Å². The fraction of sp³-hybridized carbons (Fsp3) is 0.538. The van der Waals surface area contributed by atoms with Crippen LogP contribution >= 0.6 is 0 Å². The molecule has 0 saturated heterocycles. The van der Waals surface area contributed by atoms with Gasteiger partial charge in [0.05, 0.1) is 0 Å². The zero-order valence-electron chi connectivity index (χ0n) is 10.1.